The van der Waals surface area contributed by atoms with Gasteiger partial charge in [0.05, 0.1) is 0 Å². The minimum absolute atomic E-state index is 0.674. The van der Waals surface area contributed by atoms with E-state index in [0.29, 0.717) is 0 Å². The summed E-state index contributed by atoms with van der Waals surface area (Å²) in [6.07, 6.45) is -1.58. The maximum atomic E-state index is 10.4. The maximum absolute atomic E-state index is 10.4. The molecule has 0 aliphatic rings. The molecule has 0 aliphatic heterocycles. The Morgan fingerprint density at radius 2 is 1.77 bits per heavy atom. The van der Waals surface area contributed by atoms with Crippen LogP contribution in [0.15, 0.2) is 0 Å². The molecule has 0 radical (unpaired) electrons. The van der Waals surface area contributed by atoms with E-state index in [1.165, 1.54) is 6.92 Å². The van der Waals surface area contributed by atoms with Gasteiger partial charge in [0.2, 0.25) is 0 Å². The van der Waals surface area contributed by atoms with Gasteiger partial charge in [-0.25, -0.2) is 4.79 Å². The summed E-state index contributed by atoms with van der Waals surface area (Å²) in [4.78, 5) is 9.35. The van der Waals surface area contributed by atoms with Crippen molar-refractivity contribution in [3.63, 3.8) is 0 Å². The number of rotatable bonds is 3. The lowest BCUT2D eigenvalue weighted by Gasteiger charge is -2.36. The highest BCUT2D eigenvalue weighted by Gasteiger charge is 2.46. The molecule has 0 spiro atoms. The number of alkyl halides is 3. The first-order valence-electron chi connectivity index (χ1n) is 3.62. The summed E-state index contributed by atoms with van der Waals surface area (Å²) in [6, 6.07) is 0. The molecule has 0 saturated heterocycles. The van der Waals surface area contributed by atoms with Gasteiger partial charge in [-0.05, 0) is 20.8 Å². The molecule has 2 N–H and O–H groups in total. The van der Waals surface area contributed by atoms with E-state index in [2.05, 4.69) is 4.74 Å². The Bertz CT molecular complexity index is 200. The van der Waals surface area contributed by atoms with Crippen LogP contribution in [0.2, 0.25) is 0 Å². The fourth-order valence-electron chi connectivity index (χ4n) is 0.642. The van der Waals surface area contributed by atoms with Crippen molar-refractivity contribution in [3.8, 4) is 0 Å². The number of ether oxygens (including phenoxy) is 1. The normalized spacial score (nSPS) is 18.9. The van der Waals surface area contributed by atoms with Crippen molar-refractivity contribution < 1.29 is 9.53 Å². The van der Waals surface area contributed by atoms with Crippen LogP contribution in [-0.2, 0) is 4.74 Å². The Morgan fingerprint density at radius 1 is 1.38 bits per heavy atom. The van der Waals surface area contributed by atoms with Gasteiger partial charge in [-0.15, -0.1) is 11.6 Å². The van der Waals surface area contributed by atoms with E-state index in [0.717, 1.165) is 0 Å². The van der Waals surface area contributed by atoms with Crippen LogP contribution in [0.3, 0.4) is 0 Å². The Hall–Kier alpha value is 0.140. The fraction of sp³-hybridized carbons (Fsp3) is 0.857. The molecule has 2 atom stereocenters. The molecule has 0 rings (SSSR count). The van der Waals surface area contributed by atoms with Crippen molar-refractivity contribution in [1.82, 2.24) is 0 Å². The van der Waals surface area contributed by atoms with Gasteiger partial charge in [-0.2, -0.15) is 0 Å². The van der Waals surface area contributed by atoms with Crippen molar-refractivity contribution >= 4 is 40.9 Å². The van der Waals surface area contributed by atoms with Gasteiger partial charge >= 0.3 is 6.09 Å². The number of carbonyl (C=O) groups excluding carboxylic acids is 1. The number of hydrogen-bond acceptors (Lipinski definition) is 2. The second-order valence-corrected chi connectivity index (χ2v) is 5.53. The van der Waals surface area contributed by atoms with Crippen LogP contribution in [-0.4, -0.2) is 21.4 Å². The third-order valence-corrected chi connectivity index (χ3v) is 3.58. The number of carbonyl (C=O) groups is 1. The first-order valence-corrected chi connectivity index (χ1v) is 4.75. The summed E-state index contributed by atoms with van der Waals surface area (Å²) in [5.41, 5.74) is 4.83. The Balaban J connectivity index is 4.54. The minimum Gasteiger partial charge on any atom is -0.445 e. The van der Waals surface area contributed by atoms with E-state index in [9.17, 15) is 4.79 Å². The molecule has 0 saturated carbocycles. The zero-order chi connectivity index (χ0) is 10.9. The van der Waals surface area contributed by atoms with E-state index in [4.69, 9.17) is 40.5 Å². The Kier molecular flexibility index (Phi) is 4.16. The average molecular weight is 249 g/mol. The smallest absolute Gasteiger partial charge is 0.404 e. The standard InChI is InChI=1S/C7H12Cl3NO2/c1-4(13-5(11)12)6(2,8)7(3,9)10/h4H,1-3H3,(H2,11,12). The topological polar surface area (TPSA) is 52.3 Å². The van der Waals surface area contributed by atoms with Crippen LogP contribution in [0.25, 0.3) is 0 Å². The van der Waals surface area contributed by atoms with Gasteiger partial charge in [0.15, 0.2) is 0 Å². The van der Waals surface area contributed by atoms with Crippen molar-refractivity contribution in [2.45, 2.75) is 36.1 Å². The third-order valence-electron chi connectivity index (χ3n) is 1.91. The highest BCUT2D eigenvalue weighted by atomic mass is 35.5. The molecule has 0 aromatic rings. The lowest BCUT2D eigenvalue weighted by atomic mass is 10.0. The van der Waals surface area contributed by atoms with Crippen LogP contribution in [0, 0.1) is 0 Å². The molecular formula is C7H12Cl3NO2. The van der Waals surface area contributed by atoms with Gasteiger partial charge in [-0.1, -0.05) is 23.2 Å². The van der Waals surface area contributed by atoms with Crippen LogP contribution < -0.4 is 5.73 Å². The van der Waals surface area contributed by atoms with Gasteiger partial charge in [-0.3, -0.25) is 0 Å². The molecule has 1 amide bonds. The molecule has 78 valence electrons. The van der Waals surface area contributed by atoms with Gasteiger partial charge < -0.3 is 10.5 Å². The van der Waals surface area contributed by atoms with E-state index < -0.39 is 21.4 Å². The monoisotopic (exact) mass is 247 g/mol. The predicted octanol–water partition coefficient (Wildman–Crippen LogP) is 2.66. The van der Waals surface area contributed by atoms with Crippen molar-refractivity contribution in [1.29, 1.82) is 0 Å². The van der Waals surface area contributed by atoms with Crippen molar-refractivity contribution in [3.05, 3.63) is 0 Å². The van der Waals surface area contributed by atoms with E-state index in [1.807, 2.05) is 0 Å². The second kappa shape index (κ2) is 4.11. The van der Waals surface area contributed by atoms with Gasteiger partial charge in [0.25, 0.3) is 0 Å². The van der Waals surface area contributed by atoms with Crippen molar-refractivity contribution in [2.75, 3.05) is 0 Å². The molecule has 0 heterocycles. The predicted molar refractivity (Wildman–Crippen MR) is 54.5 cm³/mol. The molecule has 2 unspecified atom stereocenters. The fourth-order valence-corrected chi connectivity index (χ4v) is 0.994. The molecule has 6 heteroatoms. The summed E-state index contributed by atoms with van der Waals surface area (Å²) in [5.74, 6) is 0. The first kappa shape index (κ1) is 13.1. The first-order chi connectivity index (χ1) is 5.59. The number of halogens is 3. The van der Waals surface area contributed by atoms with Crippen LogP contribution in [0.1, 0.15) is 20.8 Å². The molecule has 0 fully saturated rings. The summed E-state index contributed by atoms with van der Waals surface area (Å²) in [7, 11) is 0. The minimum atomic E-state index is -1.22. The Morgan fingerprint density at radius 3 is 2.00 bits per heavy atom. The van der Waals surface area contributed by atoms with Crippen molar-refractivity contribution in [2.24, 2.45) is 5.73 Å². The van der Waals surface area contributed by atoms with Gasteiger partial charge in [0.1, 0.15) is 15.3 Å². The lowest BCUT2D eigenvalue weighted by molar-refractivity contribution is 0.0907. The molecule has 3 nitrogen and oxygen atoms in total. The summed E-state index contributed by atoms with van der Waals surface area (Å²) < 4.78 is 3.46. The highest BCUT2D eigenvalue weighted by molar-refractivity contribution is 6.53. The number of primary amides is 1. The number of hydrogen-bond donors (Lipinski definition) is 1. The summed E-state index contributed by atoms with van der Waals surface area (Å²) >= 11 is 17.6. The molecule has 0 aliphatic carbocycles. The zero-order valence-corrected chi connectivity index (χ0v) is 9.87. The largest absolute Gasteiger partial charge is 0.445 e. The third kappa shape index (κ3) is 3.41. The summed E-state index contributed by atoms with van der Waals surface area (Å²) in [6.45, 7) is 4.66. The van der Waals surface area contributed by atoms with Crippen LogP contribution >= 0.6 is 34.8 Å². The van der Waals surface area contributed by atoms with Gasteiger partial charge in [0, 0.05) is 0 Å². The number of amides is 1. The molecular weight excluding hydrogens is 236 g/mol. The lowest BCUT2D eigenvalue weighted by Crippen LogP contribution is -2.47. The van der Waals surface area contributed by atoms with Crippen LogP contribution in [0.4, 0.5) is 4.79 Å². The summed E-state index contributed by atoms with van der Waals surface area (Å²) in [5, 5.41) is 0. The van der Waals surface area contributed by atoms with E-state index in [1.54, 1.807) is 13.8 Å². The second-order valence-electron chi connectivity index (χ2n) is 3.04. The SMILES string of the molecule is CC(OC(N)=O)C(C)(Cl)C(C)(Cl)Cl. The van der Waals surface area contributed by atoms with E-state index in [-0.39, 0.29) is 0 Å². The quantitative estimate of drug-likeness (QED) is 0.781. The Labute approximate surface area is 92.5 Å². The van der Waals surface area contributed by atoms with Crippen LogP contribution in [0.5, 0.6) is 0 Å². The maximum Gasteiger partial charge on any atom is 0.404 e. The molecule has 0 bridgehead atoms. The average Bonchev–Trinajstić information content (AvgIpc) is 1.82. The number of nitrogens with two attached hydrogens (primary N) is 1. The zero-order valence-electron chi connectivity index (χ0n) is 7.61. The molecule has 13 heavy (non-hydrogen) atoms. The molecule has 0 aromatic heterocycles. The molecule has 0 aromatic carbocycles. The highest BCUT2D eigenvalue weighted by Crippen LogP contribution is 2.41. The van der Waals surface area contributed by atoms with E-state index >= 15 is 0 Å².